The Hall–Kier alpha value is -1.71. The largest absolute Gasteiger partial charge is 0.399 e. The molecule has 2 N–H and O–H groups in total. The first-order chi connectivity index (χ1) is 10.0. The molecule has 0 aromatic heterocycles. The molecule has 2 aromatic rings. The van der Waals surface area contributed by atoms with Gasteiger partial charge in [-0.3, -0.25) is 4.79 Å². The molecule has 0 bridgehead atoms. The number of rotatable bonds is 4. The summed E-state index contributed by atoms with van der Waals surface area (Å²) in [6.45, 7) is 2.60. The summed E-state index contributed by atoms with van der Waals surface area (Å²) in [5, 5.41) is 0.873. The van der Waals surface area contributed by atoms with Crippen molar-refractivity contribution in [2.75, 3.05) is 17.2 Å². The zero-order valence-electron chi connectivity index (χ0n) is 11.6. The number of amides is 1. The van der Waals surface area contributed by atoms with Crippen molar-refractivity contribution in [2.24, 2.45) is 0 Å². The van der Waals surface area contributed by atoms with Crippen LogP contribution in [0.2, 0.25) is 10.0 Å². The number of anilines is 2. The van der Waals surface area contributed by atoms with Gasteiger partial charge in [0.15, 0.2) is 0 Å². The van der Waals surface area contributed by atoms with E-state index in [9.17, 15) is 4.79 Å². The second-order valence-corrected chi connectivity index (χ2v) is 5.52. The van der Waals surface area contributed by atoms with Crippen molar-refractivity contribution in [3.8, 4) is 0 Å². The first-order valence-electron chi connectivity index (χ1n) is 6.65. The number of hydrogen-bond acceptors (Lipinski definition) is 2. The van der Waals surface area contributed by atoms with Gasteiger partial charge < -0.3 is 10.6 Å². The molecular weight excluding hydrogens is 307 g/mol. The fourth-order valence-corrected chi connectivity index (χ4v) is 2.40. The molecule has 110 valence electrons. The molecule has 0 fully saturated rings. The predicted octanol–water partition coefficient (Wildman–Crippen LogP) is 4.63. The lowest BCUT2D eigenvalue weighted by Crippen LogP contribution is -2.31. The van der Waals surface area contributed by atoms with Crippen LogP contribution in [0.4, 0.5) is 11.4 Å². The molecule has 0 saturated heterocycles. The Morgan fingerprint density at radius 2 is 1.81 bits per heavy atom. The average Bonchev–Trinajstić information content (AvgIpc) is 2.48. The molecule has 0 heterocycles. The van der Waals surface area contributed by atoms with Gasteiger partial charge in [-0.05, 0) is 48.9 Å². The summed E-state index contributed by atoms with van der Waals surface area (Å²) in [5.74, 6) is -0.172. The van der Waals surface area contributed by atoms with Crippen LogP contribution < -0.4 is 10.6 Å². The molecule has 2 rings (SSSR count). The third kappa shape index (κ3) is 3.69. The number of nitrogens with two attached hydrogens (primary N) is 1. The molecule has 0 radical (unpaired) electrons. The van der Waals surface area contributed by atoms with E-state index in [2.05, 4.69) is 0 Å². The van der Waals surface area contributed by atoms with Crippen LogP contribution in [-0.2, 0) is 0 Å². The number of hydrogen-bond donors (Lipinski definition) is 1. The molecule has 5 heteroatoms. The first-order valence-corrected chi connectivity index (χ1v) is 7.41. The van der Waals surface area contributed by atoms with Crippen molar-refractivity contribution in [1.29, 1.82) is 0 Å². The smallest absolute Gasteiger partial charge is 0.259 e. The topological polar surface area (TPSA) is 46.3 Å². The van der Waals surface area contributed by atoms with Crippen LogP contribution in [0.1, 0.15) is 23.7 Å². The molecule has 0 aliphatic heterocycles. The van der Waals surface area contributed by atoms with E-state index >= 15 is 0 Å². The Morgan fingerprint density at radius 1 is 1.14 bits per heavy atom. The first kappa shape index (κ1) is 15.7. The Morgan fingerprint density at radius 3 is 2.43 bits per heavy atom. The van der Waals surface area contributed by atoms with Gasteiger partial charge in [-0.25, -0.2) is 0 Å². The van der Waals surface area contributed by atoms with Crippen molar-refractivity contribution < 1.29 is 4.79 Å². The van der Waals surface area contributed by atoms with Crippen molar-refractivity contribution in [3.05, 3.63) is 58.1 Å². The molecule has 0 saturated carbocycles. The molecule has 21 heavy (non-hydrogen) atoms. The second kappa shape index (κ2) is 6.83. The normalized spacial score (nSPS) is 10.4. The molecule has 0 aliphatic carbocycles. The maximum absolute atomic E-state index is 12.7. The van der Waals surface area contributed by atoms with Gasteiger partial charge in [0.25, 0.3) is 5.91 Å². The maximum Gasteiger partial charge on any atom is 0.259 e. The molecule has 0 atom stereocenters. The lowest BCUT2D eigenvalue weighted by Gasteiger charge is -2.23. The summed E-state index contributed by atoms with van der Waals surface area (Å²) < 4.78 is 0. The van der Waals surface area contributed by atoms with Crippen LogP contribution in [0.15, 0.2) is 42.5 Å². The second-order valence-electron chi connectivity index (χ2n) is 4.67. The van der Waals surface area contributed by atoms with E-state index in [1.165, 1.54) is 0 Å². The van der Waals surface area contributed by atoms with Crippen LogP contribution in [0, 0.1) is 0 Å². The third-order valence-corrected chi connectivity index (χ3v) is 3.62. The SMILES string of the molecule is CCCN(C(=O)c1cc(Cl)ccc1Cl)c1ccc(N)cc1. The van der Waals surface area contributed by atoms with Gasteiger partial charge in [-0.15, -0.1) is 0 Å². The minimum absolute atomic E-state index is 0.172. The lowest BCUT2D eigenvalue weighted by molar-refractivity contribution is 0.0987. The zero-order valence-corrected chi connectivity index (χ0v) is 13.2. The van der Waals surface area contributed by atoms with Crippen LogP contribution in [0.5, 0.6) is 0 Å². The summed E-state index contributed by atoms with van der Waals surface area (Å²) in [7, 11) is 0. The number of carbonyl (C=O) groups excluding carboxylic acids is 1. The minimum Gasteiger partial charge on any atom is -0.399 e. The van der Waals surface area contributed by atoms with Crippen LogP contribution in [0.3, 0.4) is 0 Å². The van der Waals surface area contributed by atoms with Crippen molar-refractivity contribution in [3.63, 3.8) is 0 Å². The van der Waals surface area contributed by atoms with E-state index in [1.54, 1.807) is 35.2 Å². The highest BCUT2D eigenvalue weighted by molar-refractivity contribution is 6.36. The van der Waals surface area contributed by atoms with Crippen molar-refractivity contribution in [2.45, 2.75) is 13.3 Å². The molecule has 0 unspecified atom stereocenters. The Balaban J connectivity index is 2.39. The fraction of sp³-hybridized carbons (Fsp3) is 0.188. The molecule has 3 nitrogen and oxygen atoms in total. The highest BCUT2D eigenvalue weighted by Gasteiger charge is 2.19. The van der Waals surface area contributed by atoms with E-state index in [1.807, 2.05) is 19.1 Å². The lowest BCUT2D eigenvalue weighted by atomic mass is 10.1. The molecule has 0 spiro atoms. The van der Waals surface area contributed by atoms with Gasteiger partial charge in [-0.1, -0.05) is 30.1 Å². The number of benzene rings is 2. The number of halogens is 2. The Bertz CT molecular complexity index is 641. The van der Waals surface area contributed by atoms with E-state index in [-0.39, 0.29) is 5.91 Å². The van der Waals surface area contributed by atoms with Crippen LogP contribution >= 0.6 is 23.2 Å². The predicted molar refractivity (Wildman–Crippen MR) is 89.3 cm³/mol. The summed E-state index contributed by atoms with van der Waals surface area (Å²) >= 11 is 12.1. The van der Waals surface area contributed by atoms with Crippen LogP contribution in [0.25, 0.3) is 0 Å². The zero-order chi connectivity index (χ0) is 15.4. The Labute approximate surface area is 134 Å². The molecule has 1 amide bonds. The Kier molecular flexibility index (Phi) is 5.10. The third-order valence-electron chi connectivity index (χ3n) is 3.06. The molecule has 2 aromatic carbocycles. The van der Waals surface area contributed by atoms with Gasteiger partial charge in [0, 0.05) is 22.9 Å². The van der Waals surface area contributed by atoms with E-state index in [0.29, 0.717) is 27.8 Å². The number of nitrogens with zero attached hydrogens (tertiary/aromatic N) is 1. The molecule has 0 aliphatic rings. The quantitative estimate of drug-likeness (QED) is 0.834. The van der Waals surface area contributed by atoms with Crippen LogP contribution in [-0.4, -0.2) is 12.5 Å². The average molecular weight is 323 g/mol. The summed E-state index contributed by atoms with van der Waals surface area (Å²) in [6, 6.07) is 12.1. The minimum atomic E-state index is -0.172. The van der Waals surface area contributed by atoms with Crippen molar-refractivity contribution in [1.82, 2.24) is 0 Å². The highest BCUT2D eigenvalue weighted by Crippen LogP contribution is 2.25. The van der Waals surface area contributed by atoms with Gasteiger partial charge in [-0.2, -0.15) is 0 Å². The van der Waals surface area contributed by atoms with E-state index < -0.39 is 0 Å². The van der Waals surface area contributed by atoms with Gasteiger partial charge in [0.05, 0.1) is 10.6 Å². The monoisotopic (exact) mass is 322 g/mol. The van der Waals surface area contributed by atoms with Gasteiger partial charge >= 0.3 is 0 Å². The molecular formula is C16H16Cl2N2O. The van der Waals surface area contributed by atoms with Gasteiger partial charge in [0.1, 0.15) is 0 Å². The highest BCUT2D eigenvalue weighted by atomic mass is 35.5. The number of carbonyl (C=O) groups is 1. The number of nitrogen functional groups attached to an aromatic ring is 1. The standard InChI is InChI=1S/C16H16Cl2N2O/c1-2-9-20(13-6-4-12(19)5-7-13)16(21)14-10-11(17)3-8-15(14)18/h3-8,10H,2,9,19H2,1H3. The van der Waals surface area contributed by atoms with Crippen molar-refractivity contribution >= 4 is 40.5 Å². The van der Waals surface area contributed by atoms with E-state index in [4.69, 9.17) is 28.9 Å². The fourth-order valence-electron chi connectivity index (χ4n) is 2.03. The summed E-state index contributed by atoms with van der Waals surface area (Å²) in [4.78, 5) is 14.4. The van der Waals surface area contributed by atoms with Gasteiger partial charge in [0.2, 0.25) is 0 Å². The summed E-state index contributed by atoms with van der Waals surface area (Å²) in [6.07, 6.45) is 0.828. The summed E-state index contributed by atoms with van der Waals surface area (Å²) in [5.41, 5.74) is 7.53. The maximum atomic E-state index is 12.7. The van der Waals surface area contributed by atoms with E-state index in [0.717, 1.165) is 12.1 Å².